The number of ketones is 1. The fraction of sp³-hybridized carbons (Fsp3) is 0.844. The van der Waals surface area contributed by atoms with Gasteiger partial charge in [-0.25, -0.2) is 4.68 Å². The van der Waals surface area contributed by atoms with Crippen molar-refractivity contribution in [3.05, 3.63) is 11.1 Å². The number of fused-ring (bicyclic) bond motifs is 7. The highest BCUT2D eigenvalue weighted by molar-refractivity contribution is 6.09. The molecular weight excluding hydrogens is 502 g/mol. The van der Waals surface area contributed by atoms with Crippen LogP contribution in [0.3, 0.4) is 0 Å². The largest absolute Gasteiger partial charge is 0.393 e. The lowest BCUT2D eigenvalue weighted by atomic mass is 9.33. The zero-order chi connectivity index (χ0) is 29.0. The molecule has 8 nitrogen and oxygen atoms in total. The molecule has 4 fully saturated rings. The van der Waals surface area contributed by atoms with Gasteiger partial charge in [-0.05, 0) is 118 Å². The lowest BCUT2D eigenvalue weighted by molar-refractivity contribution is -0.228. The summed E-state index contributed by atoms with van der Waals surface area (Å²) < 4.78 is 1.47. The van der Waals surface area contributed by atoms with Crippen molar-refractivity contribution in [2.24, 2.45) is 57.8 Å². The number of aryl methyl sites for hydroxylation is 1. The molecule has 8 atom stereocenters. The number of aromatic nitrogens is 4. The minimum Gasteiger partial charge on any atom is -0.393 e. The van der Waals surface area contributed by atoms with E-state index in [2.05, 4.69) is 69.3 Å². The SMILES string of the molecule is CC(C)C1=C2[C@H]3CCC4[C@@]5(C)CC[C@H](O)C(C)(C)C5CC[C@@]4(C)[C@]3(C)CC[C@@]2(C(=O)Nc2nnnn2C)CC1=O. The molecule has 0 bridgehead atoms. The van der Waals surface area contributed by atoms with E-state index < -0.39 is 5.41 Å². The summed E-state index contributed by atoms with van der Waals surface area (Å²) >= 11 is 0. The summed E-state index contributed by atoms with van der Waals surface area (Å²) in [7, 11) is 1.71. The van der Waals surface area contributed by atoms with E-state index in [1.165, 1.54) is 4.68 Å². The number of Topliss-reactive ketones (excluding diaryl/α,β-unsaturated/α-hetero) is 1. The molecule has 0 saturated heterocycles. The molecule has 8 heteroatoms. The molecule has 40 heavy (non-hydrogen) atoms. The number of allylic oxidation sites excluding steroid dienone is 1. The van der Waals surface area contributed by atoms with E-state index in [-0.39, 0.29) is 57.7 Å². The highest BCUT2D eigenvalue weighted by Crippen LogP contribution is 2.76. The van der Waals surface area contributed by atoms with Crippen LogP contribution in [0.5, 0.6) is 0 Å². The van der Waals surface area contributed by atoms with Crippen LogP contribution >= 0.6 is 0 Å². The maximum atomic E-state index is 14.2. The van der Waals surface area contributed by atoms with E-state index in [4.69, 9.17) is 0 Å². The lowest BCUT2D eigenvalue weighted by Gasteiger charge is -2.72. The van der Waals surface area contributed by atoms with Crippen LogP contribution in [0.15, 0.2) is 11.1 Å². The van der Waals surface area contributed by atoms with Gasteiger partial charge in [0, 0.05) is 13.5 Å². The Hall–Kier alpha value is -2.09. The molecule has 5 aliphatic carbocycles. The number of carbonyl (C=O) groups excluding carboxylic acids is 2. The Bertz CT molecular complexity index is 1280. The molecule has 5 aliphatic rings. The summed E-state index contributed by atoms with van der Waals surface area (Å²) in [6.45, 7) is 16.4. The fourth-order valence-electron chi connectivity index (χ4n) is 11.4. The van der Waals surface area contributed by atoms with Crippen molar-refractivity contribution in [1.29, 1.82) is 0 Å². The van der Waals surface area contributed by atoms with Crippen molar-refractivity contribution in [2.45, 2.75) is 112 Å². The Labute approximate surface area is 239 Å². The van der Waals surface area contributed by atoms with Crippen LogP contribution in [0, 0.1) is 50.7 Å². The van der Waals surface area contributed by atoms with Crippen molar-refractivity contribution in [3.63, 3.8) is 0 Å². The molecule has 0 radical (unpaired) electrons. The second-order valence-electron chi connectivity index (χ2n) is 15.7. The Morgan fingerprint density at radius 1 is 0.975 bits per heavy atom. The van der Waals surface area contributed by atoms with E-state index in [1.807, 2.05) is 0 Å². The van der Waals surface area contributed by atoms with Gasteiger partial charge in [-0.3, -0.25) is 14.9 Å². The summed E-state index contributed by atoms with van der Waals surface area (Å²) in [5.41, 5.74) is 1.44. The van der Waals surface area contributed by atoms with Crippen molar-refractivity contribution < 1.29 is 14.7 Å². The quantitative estimate of drug-likeness (QED) is 0.514. The van der Waals surface area contributed by atoms with Crippen molar-refractivity contribution in [1.82, 2.24) is 20.2 Å². The summed E-state index contributed by atoms with van der Waals surface area (Å²) in [5.74, 6) is 1.70. The van der Waals surface area contributed by atoms with Crippen LogP contribution < -0.4 is 5.32 Å². The molecule has 0 spiro atoms. The first-order valence-corrected chi connectivity index (χ1v) is 15.6. The number of aliphatic hydroxyl groups excluding tert-OH is 1. The normalized spacial score (nSPS) is 44.1. The first-order chi connectivity index (χ1) is 18.6. The smallest absolute Gasteiger partial charge is 0.249 e. The number of nitrogens with one attached hydrogen (secondary N) is 1. The predicted octanol–water partition coefficient (Wildman–Crippen LogP) is 5.49. The Kier molecular flexibility index (Phi) is 6.11. The van der Waals surface area contributed by atoms with Gasteiger partial charge in [0.2, 0.25) is 11.9 Å². The number of rotatable bonds is 3. The van der Waals surface area contributed by atoms with Gasteiger partial charge < -0.3 is 5.11 Å². The highest BCUT2D eigenvalue weighted by atomic mass is 16.3. The molecule has 1 aromatic rings. The van der Waals surface area contributed by atoms with Crippen LogP contribution in [-0.2, 0) is 16.6 Å². The molecule has 1 heterocycles. The monoisotopic (exact) mass is 551 g/mol. The minimum atomic E-state index is -0.825. The number of nitrogens with zero attached hydrogens (tertiary/aromatic N) is 4. The van der Waals surface area contributed by atoms with Crippen LogP contribution in [0.1, 0.15) is 106 Å². The van der Waals surface area contributed by atoms with Gasteiger partial charge >= 0.3 is 0 Å². The van der Waals surface area contributed by atoms with Gasteiger partial charge in [0.25, 0.3) is 0 Å². The van der Waals surface area contributed by atoms with Gasteiger partial charge in [-0.15, -0.1) is 0 Å². The zero-order valence-electron chi connectivity index (χ0n) is 25.8. The predicted molar refractivity (Wildman–Crippen MR) is 153 cm³/mol. The number of amides is 1. The molecule has 1 aromatic heterocycles. The van der Waals surface area contributed by atoms with E-state index >= 15 is 0 Å². The standard InChI is InChI=1S/C32H49N5O3/c1-18(2)24-20(38)17-32(26(40)33-27-34-35-36-37(27)8)16-15-30(6)19(25(24)32)9-10-22-29(5)13-12-23(39)28(3,4)21(29)11-14-31(22,30)7/h18-19,21-23,39H,9-17H2,1-8H3,(H,33,34,36,40)/t19-,21?,22?,23+,29+,30-,31-,32-/m1/s1. The van der Waals surface area contributed by atoms with Crippen LogP contribution in [0.4, 0.5) is 5.95 Å². The average molecular weight is 552 g/mol. The first-order valence-electron chi connectivity index (χ1n) is 15.6. The second kappa shape index (κ2) is 8.71. The third-order valence-electron chi connectivity index (χ3n) is 13.7. The number of hydrogen-bond donors (Lipinski definition) is 2. The number of tetrazole rings is 1. The van der Waals surface area contributed by atoms with Gasteiger partial charge in [0.15, 0.2) is 5.78 Å². The van der Waals surface area contributed by atoms with Gasteiger partial charge in [0.05, 0.1) is 11.5 Å². The first kappa shape index (κ1) is 28.0. The van der Waals surface area contributed by atoms with Crippen LogP contribution in [0.2, 0.25) is 0 Å². The Balaban J connectivity index is 1.43. The molecule has 2 unspecified atom stereocenters. The van der Waals surface area contributed by atoms with E-state index in [9.17, 15) is 14.7 Å². The molecule has 220 valence electrons. The molecular formula is C32H49N5O3. The van der Waals surface area contributed by atoms with Crippen molar-refractivity contribution in [2.75, 3.05) is 5.32 Å². The van der Waals surface area contributed by atoms with Crippen LogP contribution in [0.25, 0.3) is 0 Å². The highest BCUT2D eigenvalue weighted by Gasteiger charge is 2.70. The summed E-state index contributed by atoms with van der Waals surface area (Å²) in [6, 6.07) is 0. The summed E-state index contributed by atoms with van der Waals surface area (Å²) in [5, 5.41) is 25.6. The number of carbonyl (C=O) groups is 2. The topological polar surface area (TPSA) is 110 Å². The van der Waals surface area contributed by atoms with Gasteiger partial charge in [-0.1, -0.05) is 53.6 Å². The molecule has 1 amide bonds. The van der Waals surface area contributed by atoms with E-state index in [0.29, 0.717) is 24.2 Å². The molecule has 2 N–H and O–H groups in total. The Morgan fingerprint density at radius 3 is 2.35 bits per heavy atom. The fourth-order valence-corrected chi connectivity index (χ4v) is 11.4. The van der Waals surface area contributed by atoms with Crippen molar-refractivity contribution in [3.8, 4) is 0 Å². The van der Waals surface area contributed by atoms with Gasteiger partial charge in [-0.2, -0.15) is 0 Å². The number of aliphatic hydroxyl groups is 1. The molecule has 6 rings (SSSR count). The van der Waals surface area contributed by atoms with E-state index in [0.717, 1.165) is 56.1 Å². The minimum absolute atomic E-state index is 0.000308. The van der Waals surface area contributed by atoms with Gasteiger partial charge in [0.1, 0.15) is 0 Å². The molecule has 0 aromatic carbocycles. The summed E-state index contributed by atoms with van der Waals surface area (Å²) in [4.78, 5) is 27.9. The van der Waals surface area contributed by atoms with E-state index in [1.54, 1.807) is 7.05 Å². The van der Waals surface area contributed by atoms with Crippen LogP contribution in [-0.4, -0.2) is 43.1 Å². The second-order valence-corrected chi connectivity index (χ2v) is 15.7. The molecule has 4 saturated carbocycles. The zero-order valence-corrected chi connectivity index (χ0v) is 25.8. The number of hydrogen-bond acceptors (Lipinski definition) is 6. The molecule has 0 aliphatic heterocycles. The average Bonchev–Trinajstić information content (AvgIpc) is 3.42. The third-order valence-corrected chi connectivity index (χ3v) is 13.7. The number of anilines is 1. The maximum Gasteiger partial charge on any atom is 0.249 e. The summed E-state index contributed by atoms with van der Waals surface area (Å²) in [6.07, 6.45) is 8.01. The van der Waals surface area contributed by atoms with Crippen molar-refractivity contribution >= 4 is 17.6 Å². The lowest BCUT2D eigenvalue weighted by Crippen LogP contribution is -2.66. The third kappa shape index (κ3) is 3.37. The maximum absolute atomic E-state index is 14.2. The Morgan fingerprint density at radius 2 is 1.70 bits per heavy atom.